The molecule has 2 aromatic carbocycles. The molecular formula is C38H56N6O8. The molecule has 0 saturated carbocycles. The van der Waals surface area contributed by atoms with E-state index in [2.05, 4.69) is 42.0 Å². The zero-order chi connectivity index (χ0) is 39.0. The molecule has 0 saturated heterocycles. The first-order valence-corrected chi connectivity index (χ1v) is 17.7. The molecule has 5 atom stereocenters. The fourth-order valence-electron chi connectivity index (χ4n) is 5.47. The minimum Gasteiger partial charge on any atom is -0.480 e. The Morgan fingerprint density at radius 1 is 0.788 bits per heavy atom. The van der Waals surface area contributed by atoms with E-state index < -0.39 is 66.4 Å². The van der Waals surface area contributed by atoms with E-state index in [0.717, 1.165) is 11.1 Å². The minimum atomic E-state index is -1.57. The second-order valence-electron chi connectivity index (χ2n) is 14.4. The van der Waals surface area contributed by atoms with Crippen molar-refractivity contribution in [1.29, 1.82) is 0 Å². The molecule has 14 nitrogen and oxygen atoms in total. The highest BCUT2D eigenvalue weighted by Crippen LogP contribution is 2.26. The van der Waals surface area contributed by atoms with Gasteiger partial charge in [0.25, 0.3) is 0 Å². The van der Waals surface area contributed by atoms with Gasteiger partial charge in [0.2, 0.25) is 30.0 Å². The van der Waals surface area contributed by atoms with Crippen LogP contribution in [-0.2, 0) is 40.6 Å². The number of anilines is 1. The standard InChI is InChI=1S/C38H56N6O8/c1-24(2)20-30(35(49)41-29(14-10-11-19-39)34(48)43-31(22-45)37(51)52)42-33(47)25(3)40-36(50)32(21-26-12-8-7-9-13-26)44(23-46)28-17-15-27(16-18-28)38(4,5)6/h7-9,12-13,15-18,23-25,29-32,45H,10-11,14,19-22,39H2,1-6H3,(H,40,50)(H,41,49)(H,42,47)(H,43,48)(H,51,52)/t25-,29-,30-,31-,32-/m0/s1. The summed E-state index contributed by atoms with van der Waals surface area (Å²) in [6, 6.07) is 10.5. The average molecular weight is 725 g/mol. The smallest absolute Gasteiger partial charge is 0.328 e. The predicted octanol–water partition coefficient (Wildman–Crippen LogP) is 1.77. The summed E-state index contributed by atoms with van der Waals surface area (Å²) >= 11 is 0. The average Bonchev–Trinajstić information content (AvgIpc) is 3.09. The molecule has 8 N–H and O–H groups in total. The van der Waals surface area contributed by atoms with Crippen molar-refractivity contribution in [3.05, 3.63) is 65.7 Å². The Morgan fingerprint density at radius 2 is 1.37 bits per heavy atom. The molecule has 0 aliphatic rings. The largest absolute Gasteiger partial charge is 0.480 e. The first-order valence-electron chi connectivity index (χ1n) is 17.7. The van der Waals surface area contributed by atoms with Gasteiger partial charge in [-0.2, -0.15) is 0 Å². The minimum absolute atomic E-state index is 0.0719. The molecule has 2 rings (SSSR count). The number of carbonyl (C=O) groups is 6. The maximum atomic E-state index is 13.9. The number of rotatable bonds is 21. The number of nitrogens with two attached hydrogens (primary N) is 1. The van der Waals surface area contributed by atoms with E-state index in [1.807, 2.05) is 56.3 Å². The number of carboxylic acid groups (broad SMARTS) is 1. The summed E-state index contributed by atoms with van der Waals surface area (Å²) in [7, 11) is 0. The van der Waals surface area contributed by atoms with Crippen LogP contribution >= 0.6 is 0 Å². The maximum absolute atomic E-state index is 13.9. The van der Waals surface area contributed by atoms with Gasteiger partial charge in [-0.05, 0) is 73.7 Å². The first kappa shape index (κ1) is 43.3. The molecule has 0 bridgehead atoms. The highest BCUT2D eigenvalue weighted by molar-refractivity contribution is 5.97. The number of nitrogens with one attached hydrogen (secondary N) is 4. The lowest BCUT2D eigenvalue weighted by molar-refractivity contribution is -0.143. The number of nitrogens with zero attached hydrogens (tertiary/aromatic N) is 1. The van der Waals surface area contributed by atoms with E-state index >= 15 is 0 Å². The number of aliphatic hydroxyl groups is 1. The van der Waals surface area contributed by atoms with Crippen molar-refractivity contribution in [2.75, 3.05) is 18.1 Å². The van der Waals surface area contributed by atoms with E-state index in [-0.39, 0.29) is 30.6 Å². The molecule has 0 aliphatic heterocycles. The van der Waals surface area contributed by atoms with Crippen molar-refractivity contribution >= 4 is 41.7 Å². The summed E-state index contributed by atoms with van der Waals surface area (Å²) in [6.45, 7) is 10.9. The van der Waals surface area contributed by atoms with Crippen LogP contribution in [0.25, 0.3) is 0 Å². The predicted molar refractivity (Wildman–Crippen MR) is 198 cm³/mol. The summed E-state index contributed by atoms with van der Waals surface area (Å²) in [6.07, 6.45) is 2.05. The normalized spacial score (nSPS) is 14.2. The fraction of sp³-hybridized carbons (Fsp3) is 0.526. The van der Waals surface area contributed by atoms with Crippen LogP contribution < -0.4 is 31.9 Å². The third kappa shape index (κ3) is 13.7. The van der Waals surface area contributed by atoms with Crippen LogP contribution in [0.2, 0.25) is 0 Å². The monoisotopic (exact) mass is 724 g/mol. The Labute approximate surface area is 306 Å². The summed E-state index contributed by atoms with van der Waals surface area (Å²) in [5, 5.41) is 28.9. The number of hydrogen-bond donors (Lipinski definition) is 7. The lowest BCUT2D eigenvalue weighted by Crippen LogP contribution is -2.58. The Kier molecular flexibility index (Phi) is 17.4. The van der Waals surface area contributed by atoms with Gasteiger partial charge in [-0.25, -0.2) is 4.79 Å². The van der Waals surface area contributed by atoms with Crippen LogP contribution in [0.1, 0.15) is 78.4 Å². The van der Waals surface area contributed by atoms with Crippen LogP contribution in [0.3, 0.4) is 0 Å². The van der Waals surface area contributed by atoms with Crippen LogP contribution in [-0.4, -0.2) is 89.6 Å². The molecular weight excluding hydrogens is 668 g/mol. The topological polar surface area (TPSA) is 220 Å². The van der Waals surface area contributed by atoms with E-state index in [0.29, 0.717) is 31.5 Å². The Bertz CT molecular complexity index is 1480. The van der Waals surface area contributed by atoms with Gasteiger partial charge in [-0.1, -0.05) is 77.1 Å². The van der Waals surface area contributed by atoms with Gasteiger partial charge in [0.05, 0.1) is 6.61 Å². The molecule has 0 aliphatic carbocycles. The van der Waals surface area contributed by atoms with Crippen LogP contribution in [0.15, 0.2) is 54.6 Å². The lowest BCUT2D eigenvalue weighted by atomic mass is 9.87. The fourth-order valence-corrected chi connectivity index (χ4v) is 5.47. The summed E-state index contributed by atoms with van der Waals surface area (Å²) < 4.78 is 0. The van der Waals surface area contributed by atoms with Gasteiger partial charge >= 0.3 is 5.97 Å². The van der Waals surface area contributed by atoms with Gasteiger partial charge in [-0.15, -0.1) is 0 Å². The third-order valence-electron chi connectivity index (χ3n) is 8.52. The van der Waals surface area contributed by atoms with Crippen LogP contribution in [0, 0.1) is 5.92 Å². The number of carbonyl (C=O) groups excluding carboxylic acids is 5. The number of carboxylic acids is 1. The molecule has 0 spiro atoms. The molecule has 0 aromatic heterocycles. The second kappa shape index (κ2) is 20.9. The number of amides is 5. The molecule has 0 fully saturated rings. The molecule has 2 aromatic rings. The van der Waals surface area contributed by atoms with Crippen molar-refractivity contribution in [3.63, 3.8) is 0 Å². The first-order chi connectivity index (χ1) is 24.5. The van der Waals surface area contributed by atoms with Crippen molar-refractivity contribution in [3.8, 4) is 0 Å². The van der Waals surface area contributed by atoms with Crippen molar-refractivity contribution in [1.82, 2.24) is 21.3 Å². The second-order valence-corrected chi connectivity index (χ2v) is 14.4. The summed E-state index contributed by atoms with van der Waals surface area (Å²) in [5.41, 5.74) is 7.81. The lowest BCUT2D eigenvalue weighted by Gasteiger charge is -2.30. The number of benzene rings is 2. The van der Waals surface area contributed by atoms with Gasteiger partial charge in [0, 0.05) is 12.1 Å². The van der Waals surface area contributed by atoms with E-state index in [1.54, 1.807) is 12.1 Å². The molecule has 286 valence electrons. The zero-order valence-corrected chi connectivity index (χ0v) is 31.1. The summed E-state index contributed by atoms with van der Waals surface area (Å²) in [5.74, 6) is -4.26. The van der Waals surface area contributed by atoms with Crippen molar-refractivity contribution < 1.29 is 39.0 Å². The number of aliphatic hydroxyl groups excluding tert-OH is 1. The highest BCUT2D eigenvalue weighted by Gasteiger charge is 2.33. The van der Waals surface area contributed by atoms with E-state index in [4.69, 9.17) is 5.73 Å². The SMILES string of the molecule is CC(C)C[C@H](NC(=O)[C@H](C)NC(=O)[C@H](Cc1ccccc1)N(C=O)c1ccc(C(C)(C)C)cc1)C(=O)N[C@@H](CCCCN)C(=O)N[C@@H](CO)C(=O)O. The van der Waals surface area contributed by atoms with Gasteiger partial charge < -0.3 is 42.1 Å². The van der Waals surface area contributed by atoms with E-state index in [1.165, 1.54) is 11.8 Å². The molecule has 0 unspecified atom stereocenters. The summed E-state index contributed by atoms with van der Waals surface area (Å²) in [4.78, 5) is 79.2. The maximum Gasteiger partial charge on any atom is 0.328 e. The molecule has 52 heavy (non-hydrogen) atoms. The van der Waals surface area contributed by atoms with E-state index in [9.17, 15) is 39.0 Å². The Balaban J connectivity index is 2.29. The van der Waals surface area contributed by atoms with Gasteiger partial charge in [0.1, 0.15) is 30.2 Å². The highest BCUT2D eigenvalue weighted by atomic mass is 16.4. The van der Waals surface area contributed by atoms with Gasteiger partial charge in [-0.3, -0.25) is 24.0 Å². The third-order valence-corrected chi connectivity index (χ3v) is 8.52. The quantitative estimate of drug-likeness (QED) is 0.0736. The number of aliphatic carboxylic acids is 1. The van der Waals surface area contributed by atoms with Gasteiger partial charge in [0.15, 0.2) is 0 Å². The van der Waals surface area contributed by atoms with Crippen molar-refractivity contribution in [2.24, 2.45) is 11.7 Å². The molecule has 0 heterocycles. The van der Waals surface area contributed by atoms with Crippen molar-refractivity contribution in [2.45, 2.75) is 109 Å². The zero-order valence-electron chi connectivity index (χ0n) is 31.1. The molecule has 14 heteroatoms. The van der Waals surface area contributed by atoms with Crippen LogP contribution in [0.4, 0.5) is 5.69 Å². The molecule has 0 radical (unpaired) electrons. The molecule has 5 amide bonds. The van der Waals surface area contributed by atoms with Crippen LogP contribution in [0.5, 0.6) is 0 Å². The number of hydrogen-bond acceptors (Lipinski definition) is 8. The number of unbranched alkanes of at least 4 members (excludes halogenated alkanes) is 1. The Hall–Kier alpha value is -4.82. The Morgan fingerprint density at radius 3 is 1.88 bits per heavy atom.